The van der Waals surface area contributed by atoms with E-state index in [4.69, 9.17) is 13.9 Å². The van der Waals surface area contributed by atoms with Gasteiger partial charge in [-0.15, -0.1) is 0 Å². The Morgan fingerprint density at radius 3 is 2.71 bits per heavy atom. The number of imidazole rings is 1. The molecule has 0 spiro atoms. The average molecular weight is 417 g/mol. The second-order valence-corrected chi connectivity index (χ2v) is 6.83. The van der Waals surface area contributed by atoms with E-state index in [1.807, 2.05) is 42.5 Å². The molecule has 0 bridgehead atoms. The first-order valence-electron chi connectivity index (χ1n) is 9.45. The third-order valence-electron chi connectivity index (χ3n) is 4.92. The molecular weight excluding hydrogens is 398 g/mol. The Morgan fingerprint density at radius 1 is 1.23 bits per heavy atom. The number of aryl methyl sites for hydroxylation is 1. The number of aliphatic hydroxyl groups excluding tert-OH is 1. The molecule has 2 aromatic carbocycles. The Hall–Kier alpha value is -4.09. The summed E-state index contributed by atoms with van der Waals surface area (Å²) in [6.45, 7) is -0.346. The van der Waals surface area contributed by atoms with Crippen LogP contribution in [0.3, 0.4) is 0 Å². The minimum atomic E-state index is -0.767. The molecule has 2 aromatic heterocycles. The van der Waals surface area contributed by atoms with Crippen molar-refractivity contribution < 1.29 is 23.8 Å². The van der Waals surface area contributed by atoms with Crippen molar-refractivity contribution in [2.75, 3.05) is 13.7 Å². The van der Waals surface area contributed by atoms with Gasteiger partial charge in [0.05, 0.1) is 17.6 Å². The summed E-state index contributed by atoms with van der Waals surface area (Å²) in [5.41, 5.74) is 2.50. The smallest absolute Gasteiger partial charge is 0.375 e. The number of furan rings is 1. The van der Waals surface area contributed by atoms with Crippen molar-refractivity contribution in [1.82, 2.24) is 9.55 Å². The Morgan fingerprint density at radius 2 is 1.97 bits per heavy atom. The van der Waals surface area contributed by atoms with Gasteiger partial charge in [-0.25, -0.2) is 9.78 Å². The summed E-state index contributed by atoms with van der Waals surface area (Å²) in [5, 5.41) is 20.8. The maximum Gasteiger partial charge on any atom is 0.375 e. The number of hydrogen-bond donors (Lipinski definition) is 1. The maximum atomic E-state index is 12.7. The van der Waals surface area contributed by atoms with Crippen LogP contribution in [0.1, 0.15) is 21.9 Å². The van der Waals surface area contributed by atoms with Gasteiger partial charge in [0.2, 0.25) is 5.76 Å². The molecular formula is C23H19N3O5. The number of aromatic nitrogens is 2. The standard InChI is InChI=1S/C23H19N3O5/c1-26-18-9-5-4-8-17(18)25-22(26)15(11-24)19(27)13-30-23(28)21-16(12-29-2)14-7-3-6-10-20(14)31-21/h3-10,27H,12-13H2,1-2H3/b19-15-. The van der Waals surface area contributed by atoms with Crippen molar-refractivity contribution in [1.29, 1.82) is 5.26 Å². The summed E-state index contributed by atoms with van der Waals surface area (Å²) in [5.74, 6) is -0.895. The number of carbonyl (C=O) groups is 1. The third-order valence-corrected chi connectivity index (χ3v) is 4.92. The number of rotatable bonds is 6. The van der Waals surface area contributed by atoms with E-state index < -0.39 is 18.3 Å². The molecule has 0 fully saturated rings. The lowest BCUT2D eigenvalue weighted by atomic mass is 10.1. The number of aliphatic hydroxyl groups is 1. The van der Waals surface area contributed by atoms with E-state index in [1.54, 1.807) is 23.7 Å². The molecule has 31 heavy (non-hydrogen) atoms. The maximum absolute atomic E-state index is 12.7. The van der Waals surface area contributed by atoms with Gasteiger partial charge in [0.25, 0.3) is 0 Å². The molecule has 0 aliphatic heterocycles. The Labute approximate surface area is 177 Å². The first-order valence-corrected chi connectivity index (χ1v) is 9.45. The molecule has 0 amide bonds. The lowest BCUT2D eigenvalue weighted by molar-refractivity contribution is 0.0463. The number of esters is 1. The Kier molecular flexibility index (Phi) is 5.43. The van der Waals surface area contributed by atoms with Crippen molar-refractivity contribution in [2.45, 2.75) is 6.61 Å². The first-order chi connectivity index (χ1) is 15.0. The van der Waals surface area contributed by atoms with E-state index in [0.29, 0.717) is 16.7 Å². The predicted molar refractivity (Wildman–Crippen MR) is 113 cm³/mol. The minimum absolute atomic E-state index is 0.00270. The second-order valence-electron chi connectivity index (χ2n) is 6.83. The van der Waals surface area contributed by atoms with Gasteiger partial charge in [0, 0.05) is 25.1 Å². The van der Waals surface area contributed by atoms with E-state index in [9.17, 15) is 15.2 Å². The normalized spacial score (nSPS) is 12.0. The number of fused-ring (bicyclic) bond motifs is 2. The molecule has 0 aliphatic carbocycles. The molecule has 0 saturated carbocycles. The van der Waals surface area contributed by atoms with E-state index in [1.165, 1.54) is 7.11 Å². The predicted octanol–water partition coefficient (Wildman–Crippen LogP) is 4.12. The van der Waals surface area contributed by atoms with E-state index in [0.717, 1.165) is 10.9 Å². The second kappa shape index (κ2) is 8.34. The van der Waals surface area contributed by atoms with Crippen LogP contribution in [-0.4, -0.2) is 34.3 Å². The summed E-state index contributed by atoms with van der Waals surface area (Å²) >= 11 is 0. The summed E-state index contributed by atoms with van der Waals surface area (Å²) in [6.07, 6.45) is 0. The minimum Gasteiger partial charge on any atom is -0.507 e. The highest BCUT2D eigenvalue weighted by atomic mass is 16.6. The molecule has 0 unspecified atom stereocenters. The van der Waals surface area contributed by atoms with Crippen molar-refractivity contribution in [3.63, 3.8) is 0 Å². The number of benzene rings is 2. The zero-order valence-electron chi connectivity index (χ0n) is 17.0. The number of nitrogens with zero attached hydrogens (tertiary/aromatic N) is 3. The molecule has 0 radical (unpaired) electrons. The van der Waals surface area contributed by atoms with Gasteiger partial charge in [-0.3, -0.25) is 0 Å². The van der Waals surface area contributed by atoms with E-state index >= 15 is 0 Å². The lowest BCUT2D eigenvalue weighted by Gasteiger charge is -2.07. The summed E-state index contributed by atoms with van der Waals surface area (Å²) < 4.78 is 17.8. The van der Waals surface area contributed by atoms with Gasteiger partial charge in [0.15, 0.2) is 18.2 Å². The molecule has 4 aromatic rings. The van der Waals surface area contributed by atoms with E-state index in [-0.39, 0.29) is 23.8 Å². The first kappa shape index (κ1) is 20.2. The molecule has 0 atom stereocenters. The fraction of sp³-hybridized carbons (Fsp3) is 0.174. The van der Waals surface area contributed by atoms with Crippen LogP contribution in [0.5, 0.6) is 0 Å². The highest BCUT2D eigenvalue weighted by molar-refractivity contribution is 5.96. The van der Waals surface area contributed by atoms with Crippen LogP contribution in [0.4, 0.5) is 0 Å². The molecule has 1 N–H and O–H groups in total. The van der Waals surface area contributed by atoms with Crippen LogP contribution in [0, 0.1) is 11.3 Å². The van der Waals surface area contributed by atoms with Crippen molar-refractivity contribution >= 4 is 33.5 Å². The van der Waals surface area contributed by atoms with E-state index in [2.05, 4.69) is 4.98 Å². The molecule has 8 heteroatoms. The van der Waals surface area contributed by atoms with Crippen LogP contribution in [0.2, 0.25) is 0 Å². The number of para-hydroxylation sites is 3. The van der Waals surface area contributed by atoms with Gasteiger partial charge in [-0.1, -0.05) is 30.3 Å². The number of allylic oxidation sites excluding steroid dienone is 1. The SMILES string of the molecule is COCc1c(C(=O)OC/C(O)=C(\C#N)c2nc3ccccc3n2C)oc2ccccc12. The van der Waals surface area contributed by atoms with Crippen LogP contribution < -0.4 is 0 Å². The molecule has 2 heterocycles. The Bertz CT molecular complexity index is 1360. The molecule has 0 saturated heterocycles. The van der Waals surface area contributed by atoms with Gasteiger partial charge < -0.3 is 23.6 Å². The van der Waals surface area contributed by atoms with Crippen molar-refractivity contribution in [2.24, 2.45) is 7.05 Å². The van der Waals surface area contributed by atoms with Crippen LogP contribution in [0.15, 0.2) is 58.7 Å². The molecule has 156 valence electrons. The van der Waals surface area contributed by atoms with Crippen LogP contribution in [0.25, 0.3) is 27.6 Å². The average Bonchev–Trinajstić information content (AvgIpc) is 3.32. The largest absolute Gasteiger partial charge is 0.507 e. The number of nitriles is 1. The quantitative estimate of drug-likeness (QED) is 0.285. The number of carbonyl (C=O) groups excluding carboxylic acids is 1. The zero-order valence-corrected chi connectivity index (χ0v) is 17.0. The number of ether oxygens (including phenoxy) is 2. The summed E-state index contributed by atoms with van der Waals surface area (Å²) in [7, 11) is 3.26. The number of methoxy groups -OCH3 is 1. The van der Waals surface area contributed by atoms with Crippen LogP contribution >= 0.6 is 0 Å². The van der Waals surface area contributed by atoms with Crippen molar-refractivity contribution in [3.05, 3.63) is 71.4 Å². The fourth-order valence-electron chi connectivity index (χ4n) is 3.44. The zero-order chi connectivity index (χ0) is 22.0. The van der Waals surface area contributed by atoms with Gasteiger partial charge in [0.1, 0.15) is 17.2 Å². The van der Waals surface area contributed by atoms with Gasteiger partial charge in [-0.2, -0.15) is 5.26 Å². The van der Waals surface area contributed by atoms with Gasteiger partial charge in [-0.05, 0) is 18.2 Å². The molecule has 8 nitrogen and oxygen atoms in total. The Balaban J connectivity index is 1.62. The monoisotopic (exact) mass is 417 g/mol. The van der Waals surface area contributed by atoms with Crippen LogP contribution in [-0.2, 0) is 23.1 Å². The fourth-order valence-corrected chi connectivity index (χ4v) is 3.44. The molecule has 0 aliphatic rings. The lowest BCUT2D eigenvalue weighted by Crippen LogP contribution is -2.11. The highest BCUT2D eigenvalue weighted by Gasteiger charge is 2.23. The molecule has 4 rings (SSSR count). The van der Waals surface area contributed by atoms with Gasteiger partial charge >= 0.3 is 5.97 Å². The summed E-state index contributed by atoms with van der Waals surface area (Å²) in [6, 6.07) is 16.5. The number of hydrogen-bond acceptors (Lipinski definition) is 7. The third kappa shape index (κ3) is 3.63. The summed E-state index contributed by atoms with van der Waals surface area (Å²) in [4.78, 5) is 17.1. The highest BCUT2D eigenvalue weighted by Crippen LogP contribution is 2.27. The topological polar surface area (TPSA) is 111 Å². The van der Waals surface area contributed by atoms with Crippen molar-refractivity contribution in [3.8, 4) is 6.07 Å².